The number of aromatic nitrogens is 1. The number of halogens is 2. The number of hydrogen-bond donors (Lipinski definition) is 1. The number of ether oxygens (including phenoxy) is 1. The highest BCUT2D eigenvalue weighted by Crippen LogP contribution is 2.22. The highest BCUT2D eigenvalue weighted by atomic mass is 79.9. The summed E-state index contributed by atoms with van der Waals surface area (Å²) in [4.78, 5) is 15.8. The summed E-state index contributed by atoms with van der Waals surface area (Å²) in [5.41, 5.74) is 0.608. The fourth-order valence-electron chi connectivity index (χ4n) is 1.49. The van der Waals surface area contributed by atoms with E-state index in [4.69, 9.17) is 4.74 Å². The fraction of sp³-hybridized carbons (Fsp3) is 0.143. The predicted molar refractivity (Wildman–Crippen MR) is 77.1 cm³/mol. The summed E-state index contributed by atoms with van der Waals surface area (Å²) in [6, 6.07) is 7.71. The highest BCUT2D eigenvalue weighted by Gasteiger charge is 2.16. The molecule has 1 heterocycles. The summed E-state index contributed by atoms with van der Waals surface area (Å²) in [7, 11) is 0. The van der Waals surface area contributed by atoms with Crippen LogP contribution in [0.15, 0.2) is 47.2 Å². The van der Waals surface area contributed by atoms with Crippen LogP contribution < -0.4 is 10.1 Å². The number of pyridine rings is 1. The maximum absolute atomic E-state index is 13.6. The van der Waals surface area contributed by atoms with Gasteiger partial charge in [0, 0.05) is 22.6 Å². The van der Waals surface area contributed by atoms with Crippen molar-refractivity contribution in [2.45, 2.75) is 13.0 Å². The van der Waals surface area contributed by atoms with E-state index in [0.717, 1.165) is 0 Å². The van der Waals surface area contributed by atoms with E-state index in [1.54, 1.807) is 37.5 Å². The molecular weight excluding hydrogens is 327 g/mol. The predicted octanol–water partition coefficient (Wildman–Crippen LogP) is 3.39. The van der Waals surface area contributed by atoms with Gasteiger partial charge in [-0.25, -0.2) is 4.39 Å². The molecule has 1 atom stereocenters. The topological polar surface area (TPSA) is 51.2 Å². The third-order valence-electron chi connectivity index (χ3n) is 2.51. The average molecular weight is 339 g/mol. The second-order valence-electron chi connectivity index (χ2n) is 4.06. The Bertz CT molecular complexity index is 607. The van der Waals surface area contributed by atoms with Gasteiger partial charge in [-0.3, -0.25) is 9.78 Å². The molecule has 0 aliphatic heterocycles. The maximum Gasteiger partial charge on any atom is 0.265 e. The van der Waals surface area contributed by atoms with Gasteiger partial charge in [-0.05, 0) is 37.3 Å². The van der Waals surface area contributed by atoms with Crippen LogP contribution in [-0.2, 0) is 4.79 Å². The second-order valence-corrected chi connectivity index (χ2v) is 4.98. The van der Waals surface area contributed by atoms with Crippen LogP contribution in [0.5, 0.6) is 5.75 Å². The molecule has 1 aromatic heterocycles. The molecule has 2 rings (SSSR count). The van der Waals surface area contributed by atoms with Crippen molar-refractivity contribution in [1.29, 1.82) is 0 Å². The number of hydrogen-bond acceptors (Lipinski definition) is 3. The van der Waals surface area contributed by atoms with Crippen molar-refractivity contribution in [2.24, 2.45) is 0 Å². The molecule has 104 valence electrons. The summed E-state index contributed by atoms with van der Waals surface area (Å²) >= 11 is 3.15. The number of amides is 1. The van der Waals surface area contributed by atoms with Crippen LogP contribution >= 0.6 is 15.9 Å². The Morgan fingerprint density at radius 3 is 2.70 bits per heavy atom. The first kappa shape index (κ1) is 14.5. The molecular formula is C14H12BrFN2O2. The molecule has 0 bridgehead atoms. The molecule has 1 aromatic carbocycles. The Kier molecular flexibility index (Phi) is 4.68. The lowest BCUT2D eigenvalue weighted by atomic mass is 10.3. The third kappa shape index (κ3) is 3.77. The maximum atomic E-state index is 13.6. The molecule has 20 heavy (non-hydrogen) atoms. The Labute approximate surface area is 124 Å². The minimum absolute atomic E-state index is 0.0329. The lowest BCUT2D eigenvalue weighted by Gasteiger charge is -2.15. The van der Waals surface area contributed by atoms with Gasteiger partial charge in [0.05, 0.1) is 0 Å². The van der Waals surface area contributed by atoms with Crippen LogP contribution in [0.25, 0.3) is 0 Å². The highest BCUT2D eigenvalue weighted by molar-refractivity contribution is 9.10. The minimum Gasteiger partial charge on any atom is -0.478 e. The first-order chi connectivity index (χ1) is 9.56. The van der Waals surface area contributed by atoms with Gasteiger partial charge < -0.3 is 10.1 Å². The Hall–Kier alpha value is -1.95. The van der Waals surface area contributed by atoms with Gasteiger partial charge in [0.1, 0.15) is 0 Å². The molecule has 0 saturated heterocycles. The molecule has 0 spiro atoms. The monoisotopic (exact) mass is 338 g/mol. The standard InChI is InChI=1S/C14H12BrFN2O2/c1-9(14(19)18-11-4-6-17-7-5-11)20-13-3-2-10(15)8-12(13)16/h2-9H,1H3,(H,17,18,19)/t9-/m0/s1. The zero-order chi connectivity index (χ0) is 14.5. The lowest BCUT2D eigenvalue weighted by molar-refractivity contribution is -0.122. The van der Waals surface area contributed by atoms with Crippen molar-refractivity contribution in [3.8, 4) is 5.75 Å². The number of rotatable bonds is 4. The van der Waals surface area contributed by atoms with Crippen molar-refractivity contribution in [3.05, 3.63) is 53.0 Å². The smallest absolute Gasteiger partial charge is 0.265 e. The molecule has 0 saturated carbocycles. The molecule has 1 N–H and O–H groups in total. The van der Waals surface area contributed by atoms with Crippen LogP contribution in [0.2, 0.25) is 0 Å². The van der Waals surface area contributed by atoms with E-state index in [0.29, 0.717) is 10.2 Å². The summed E-state index contributed by atoms with van der Waals surface area (Å²) in [6.07, 6.45) is 2.31. The first-order valence-electron chi connectivity index (χ1n) is 5.89. The SMILES string of the molecule is C[C@H](Oc1ccc(Br)cc1F)C(=O)Nc1ccncc1. The van der Waals surface area contributed by atoms with Crippen LogP contribution in [0.3, 0.4) is 0 Å². The van der Waals surface area contributed by atoms with E-state index < -0.39 is 11.9 Å². The van der Waals surface area contributed by atoms with E-state index in [1.807, 2.05) is 0 Å². The molecule has 2 aromatic rings. The van der Waals surface area contributed by atoms with Gasteiger partial charge in [-0.1, -0.05) is 15.9 Å². The normalized spacial score (nSPS) is 11.8. The quantitative estimate of drug-likeness (QED) is 0.929. The number of carbonyl (C=O) groups is 1. The molecule has 0 radical (unpaired) electrons. The number of benzene rings is 1. The van der Waals surface area contributed by atoms with Crippen molar-refractivity contribution in [1.82, 2.24) is 4.98 Å². The van der Waals surface area contributed by atoms with Gasteiger partial charge in [0.25, 0.3) is 5.91 Å². The Morgan fingerprint density at radius 1 is 1.35 bits per heavy atom. The molecule has 4 nitrogen and oxygen atoms in total. The summed E-state index contributed by atoms with van der Waals surface area (Å²) < 4.78 is 19.5. The Balaban J connectivity index is 2.00. The summed E-state index contributed by atoms with van der Waals surface area (Å²) in [5, 5.41) is 2.66. The third-order valence-corrected chi connectivity index (χ3v) is 3.01. The van der Waals surface area contributed by atoms with E-state index in [1.165, 1.54) is 12.1 Å². The molecule has 0 aliphatic rings. The zero-order valence-corrected chi connectivity index (χ0v) is 12.2. The molecule has 6 heteroatoms. The van der Waals surface area contributed by atoms with Gasteiger partial charge >= 0.3 is 0 Å². The van der Waals surface area contributed by atoms with E-state index in [2.05, 4.69) is 26.2 Å². The van der Waals surface area contributed by atoms with Crippen molar-refractivity contribution in [2.75, 3.05) is 5.32 Å². The number of nitrogens with zero attached hydrogens (tertiary/aromatic N) is 1. The van der Waals surface area contributed by atoms with E-state index in [9.17, 15) is 9.18 Å². The fourth-order valence-corrected chi connectivity index (χ4v) is 1.83. The zero-order valence-electron chi connectivity index (χ0n) is 10.6. The summed E-state index contributed by atoms with van der Waals surface area (Å²) in [6.45, 7) is 1.55. The summed E-state index contributed by atoms with van der Waals surface area (Å²) in [5.74, 6) is -0.855. The van der Waals surface area contributed by atoms with Crippen LogP contribution in [0.1, 0.15) is 6.92 Å². The largest absolute Gasteiger partial charge is 0.478 e. The number of carbonyl (C=O) groups excluding carboxylic acids is 1. The molecule has 0 aliphatic carbocycles. The lowest BCUT2D eigenvalue weighted by Crippen LogP contribution is -2.30. The minimum atomic E-state index is -0.821. The van der Waals surface area contributed by atoms with Crippen LogP contribution in [0, 0.1) is 5.82 Å². The van der Waals surface area contributed by atoms with Gasteiger partial charge in [-0.2, -0.15) is 0 Å². The number of anilines is 1. The molecule has 1 amide bonds. The van der Waals surface area contributed by atoms with Crippen LogP contribution in [0.4, 0.5) is 10.1 Å². The van der Waals surface area contributed by atoms with Gasteiger partial charge in [0.2, 0.25) is 0 Å². The van der Waals surface area contributed by atoms with Gasteiger partial charge in [0.15, 0.2) is 17.7 Å². The van der Waals surface area contributed by atoms with Crippen LogP contribution in [-0.4, -0.2) is 17.0 Å². The first-order valence-corrected chi connectivity index (χ1v) is 6.68. The Morgan fingerprint density at radius 2 is 2.05 bits per heavy atom. The van der Waals surface area contributed by atoms with Crippen molar-refractivity contribution >= 4 is 27.5 Å². The van der Waals surface area contributed by atoms with Crippen molar-refractivity contribution in [3.63, 3.8) is 0 Å². The van der Waals surface area contributed by atoms with Crippen molar-refractivity contribution < 1.29 is 13.9 Å². The van der Waals surface area contributed by atoms with Gasteiger partial charge in [-0.15, -0.1) is 0 Å². The average Bonchev–Trinajstić information content (AvgIpc) is 2.43. The molecule has 0 fully saturated rings. The van der Waals surface area contributed by atoms with E-state index >= 15 is 0 Å². The molecule has 0 unspecified atom stereocenters. The van der Waals surface area contributed by atoms with E-state index in [-0.39, 0.29) is 11.7 Å². The second kappa shape index (κ2) is 6.47. The number of nitrogens with one attached hydrogen (secondary N) is 1.